The van der Waals surface area contributed by atoms with E-state index in [0.29, 0.717) is 35.8 Å². The summed E-state index contributed by atoms with van der Waals surface area (Å²) in [6.45, 7) is 4.18. The third-order valence-corrected chi connectivity index (χ3v) is 5.83. The molecule has 0 radical (unpaired) electrons. The van der Waals surface area contributed by atoms with Crippen molar-refractivity contribution in [2.45, 2.75) is 33.2 Å². The van der Waals surface area contributed by atoms with Gasteiger partial charge in [-0.1, -0.05) is 19.4 Å². The first-order chi connectivity index (χ1) is 17.9. The van der Waals surface area contributed by atoms with Crippen molar-refractivity contribution in [1.82, 2.24) is 14.0 Å². The normalized spacial score (nSPS) is 11.6. The maximum atomic E-state index is 13.4. The highest BCUT2D eigenvalue weighted by molar-refractivity contribution is 5.97. The third-order valence-electron chi connectivity index (χ3n) is 5.83. The number of unbranched alkanes of at least 4 members (excludes halogenated alkanes) is 1. The second kappa shape index (κ2) is 11.1. The zero-order valence-electron chi connectivity index (χ0n) is 21.2. The van der Waals surface area contributed by atoms with Gasteiger partial charge in [0.1, 0.15) is 28.4 Å². The lowest BCUT2D eigenvalue weighted by molar-refractivity contribution is 0.0523. The Labute approximate surface area is 212 Å². The Balaban J connectivity index is 2.09. The van der Waals surface area contributed by atoms with E-state index in [1.165, 1.54) is 36.8 Å². The van der Waals surface area contributed by atoms with Crippen LogP contribution in [0.5, 0.6) is 11.5 Å². The average molecular weight is 505 g/mol. The Hall–Kier alpha value is -4.47. The van der Waals surface area contributed by atoms with E-state index in [4.69, 9.17) is 19.2 Å². The largest absolute Gasteiger partial charge is 0.497 e. The number of hydrogen-bond donors (Lipinski definition) is 0. The van der Waals surface area contributed by atoms with Gasteiger partial charge in [-0.2, -0.15) is 4.99 Å². The molecule has 0 spiro atoms. The predicted octanol–water partition coefficient (Wildman–Crippen LogP) is 3.38. The van der Waals surface area contributed by atoms with Crippen LogP contribution in [0.15, 0.2) is 58.4 Å². The summed E-state index contributed by atoms with van der Waals surface area (Å²) < 4.78 is 18.9. The molecule has 0 bridgehead atoms. The number of hydrogen-bond acceptors (Lipinski definition) is 7. The van der Waals surface area contributed by atoms with Crippen LogP contribution in [0, 0.1) is 0 Å². The SMILES string of the molecule is CCCCn1c(=NC(=O)c2cc(OC)cc(OC)c2)c(C(=O)OCC)cc2c(=O)n3ccccc3nc21. The molecule has 4 rings (SSSR count). The minimum absolute atomic E-state index is 0.00319. The quantitative estimate of drug-likeness (QED) is 0.267. The van der Waals surface area contributed by atoms with Crippen LogP contribution in [0.25, 0.3) is 16.7 Å². The van der Waals surface area contributed by atoms with Gasteiger partial charge in [0.25, 0.3) is 11.5 Å². The maximum absolute atomic E-state index is 13.4. The number of esters is 1. The number of benzene rings is 1. The summed E-state index contributed by atoms with van der Waals surface area (Å²) in [5.74, 6) is -0.476. The third kappa shape index (κ3) is 5.09. The molecule has 1 amide bonds. The van der Waals surface area contributed by atoms with Gasteiger partial charge in [0.2, 0.25) is 0 Å². The molecule has 0 unspecified atom stereocenters. The molecule has 4 aromatic rings. The summed E-state index contributed by atoms with van der Waals surface area (Å²) in [4.78, 5) is 48.9. The fourth-order valence-electron chi connectivity index (χ4n) is 3.98. The first-order valence-electron chi connectivity index (χ1n) is 12.0. The number of rotatable bonds is 8. The highest BCUT2D eigenvalue weighted by Crippen LogP contribution is 2.23. The molecule has 10 nitrogen and oxygen atoms in total. The van der Waals surface area contributed by atoms with Crippen LogP contribution in [-0.2, 0) is 11.3 Å². The molecular weight excluding hydrogens is 476 g/mol. The van der Waals surface area contributed by atoms with Crippen molar-refractivity contribution in [2.24, 2.45) is 4.99 Å². The monoisotopic (exact) mass is 504 g/mol. The minimum atomic E-state index is -0.693. The van der Waals surface area contributed by atoms with Crippen molar-refractivity contribution in [1.29, 1.82) is 0 Å². The van der Waals surface area contributed by atoms with Gasteiger partial charge in [-0.25, -0.2) is 9.78 Å². The summed E-state index contributed by atoms with van der Waals surface area (Å²) in [6.07, 6.45) is 3.14. The molecule has 37 heavy (non-hydrogen) atoms. The second-order valence-electron chi connectivity index (χ2n) is 8.21. The summed E-state index contributed by atoms with van der Waals surface area (Å²) in [7, 11) is 2.96. The number of pyridine rings is 2. The fraction of sp³-hybridized carbons (Fsp3) is 0.296. The van der Waals surface area contributed by atoms with E-state index in [1.807, 2.05) is 6.92 Å². The first-order valence-corrected chi connectivity index (χ1v) is 12.0. The van der Waals surface area contributed by atoms with E-state index in [9.17, 15) is 14.4 Å². The standard InChI is InChI=1S/C27H28N4O6/c1-5-7-11-31-23-20(26(33)30-12-9-8-10-22(30)28-23)16-21(27(34)37-6-2)24(31)29-25(32)17-13-18(35-3)15-19(14-17)36-4/h8-10,12-16H,5-7,11H2,1-4H3. The van der Waals surface area contributed by atoms with E-state index in [0.717, 1.165) is 6.42 Å². The van der Waals surface area contributed by atoms with Crippen LogP contribution in [0.2, 0.25) is 0 Å². The van der Waals surface area contributed by atoms with Gasteiger partial charge < -0.3 is 18.8 Å². The lowest BCUT2D eigenvalue weighted by Crippen LogP contribution is -2.33. The second-order valence-corrected chi connectivity index (χ2v) is 8.21. The van der Waals surface area contributed by atoms with Crippen molar-refractivity contribution in [3.8, 4) is 11.5 Å². The summed E-state index contributed by atoms with van der Waals surface area (Å²) in [6, 6.07) is 11.3. The highest BCUT2D eigenvalue weighted by atomic mass is 16.5. The van der Waals surface area contributed by atoms with Crippen molar-refractivity contribution >= 4 is 28.6 Å². The van der Waals surface area contributed by atoms with E-state index in [1.54, 1.807) is 42.0 Å². The Morgan fingerprint density at radius 3 is 2.41 bits per heavy atom. The average Bonchev–Trinajstić information content (AvgIpc) is 2.92. The number of fused-ring (bicyclic) bond motifs is 2. The van der Waals surface area contributed by atoms with Crippen LogP contribution in [0.1, 0.15) is 47.4 Å². The smallest absolute Gasteiger partial charge is 0.341 e. The number of aromatic nitrogens is 3. The highest BCUT2D eigenvalue weighted by Gasteiger charge is 2.20. The summed E-state index contributed by atoms with van der Waals surface area (Å²) >= 11 is 0. The number of amides is 1. The van der Waals surface area contributed by atoms with Gasteiger partial charge in [-0.3, -0.25) is 14.0 Å². The van der Waals surface area contributed by atoms with Crippen molar-refractivity contribution in [3.05, 3.63) is 75.6 Å². The molecule has 0 saturated carbocycles. The zero-order chi connectivity index (χ0) is 26.5. The van der Waals surface area contributed by atoms with E-state index >= 15 is 0 Å². The molecule has 0 atom stereocenters. The number of carbonyl (C=O) groups excluding carboxylic acids is 2. The van der Waals surface area contributed by atoms with Crippen LogP contribution < -0.4 is 20.5 Å². The predicted molar refractivity (Wildman–Crippen MR) is 137 cm³/mol. The molecule has 0 aliphatic rings. The molecule has 3 aromatic heterocycles. The molecule has 3 heterocycles. The van der Waals surface area contributed by atoms with E-state index < -0.39 is 11.9 Å². The van der Waals surface area contributed by atoms with E-state index in [2.05, 4.69) is 4.99 Å². The number of methoxy groups -OCH3 is 2. The number of aryl methyl sites for hydroxylation is 1. The Kier molecular flexibility index (Phi) is 7.66. The maximum Gasteiger partial charge on any atom is 0.341 e. The van der Waals surface area contributed by atoms with E-state index in [-0.39, 0.29) is 34.2 Å². The molecule has 0 fully saturated rings. The van der Waals surface area contributed by atoms with Gasteiger partial charge in [0.05, 0.1) is 26.2 Å². The topological polar surface area (TPSA) is 113 Å². The Bertz CT molecular complexity index is 1600. The summed E-state index contributed by atoms with van der Waals surface area (Å²) in [5.41, 5.74) is 0.699. The molecular formula is C27H28N4O6. The minimum Gasteiger partial charge on any atom is -0.497 e. The molecule has 0 aliphatic carbocycles. The Morgan fingerprint density at radius 1 is 1.03 bits per heavy atom. The van der Waals surface area contributed by atoms with Crippen LogP contribution in [-0.4, -0.2) is 46.7 Å². The molecule has 1 aromatic carbocycles. The van der Waals surface area contributed by atoms with Gasteiger partial charge in [-0.05, 0) is 43.7 Å². The number of nitrogens with zero attached hydrogens (tertiary/aromatic N) is 4. The van der Waals surface area contributed by atoms with Gasteiger partial charge in [0, 0.05) is 24.4 Å². The molecule has 10 heteroatoms. The number of carbonyl (C=O) groups is 2. The molecule has 192 valence electrons. The van der Waals surface area contributed by atoms with Gasteiger partial charge in [0.15, 0.2) is 5.49 Å². The van der Waals surface area contributed by atoms with Crippen molar-refractivity contribution < 1.29 is 23.8 Å². The molecule has 0 aliphatic heterocycles. The van der Waals surface area contributed by atoms with Gasteiger partial charge >= 0.3 is 5.97 Å². The van der Waals surface area contributed by atoms with Crippen molar-refractivity contribution in [2.75, 3.05) is 20.8 Å². The fourth-order valence-corrected chi connectivity index (χ4v) is 3.98. The lowest BCUT2D eigenvalue weighted by atomic mass is 10.1. The van der Waals surface area contributed by atoms with Crippen LogP contribution >= 0.6 is 0 Å². The number of ether oxygens (including phenoxy) is 3. The summed E-state index contributed by atoms with van der Waals surface area (Å²) in [5, 5.41) is 0.220. The zero-order valence-corrected chi connectivity index (χ0v) is 21.2. The van der Waals surface area contributed by atoms with Gasteiger partial charge in [-0.15, -0.1) is 0 Å². The first kappa shape index (κ1) is 25.6. The lowest BCUT2D eigenvalue weighted by Gasteiger charge is -2.15. The Morgan fingerprint density at radius 2 is 1.76 bits per heavy atom. The van der Waals surface area contributed by atoms with Crippen molar-refractivity contribution in [3.63, 3.8) is 0 Å². The van der Waals surface area contributed by atoms with Crippen LogP contribution in [0.3, 0.4) is 0 Å². The molecule has 0 N–H and O–H groups in total. The van der Waals surface area contributed by atoms with Crippen LogP contribution in [0.4, 0.5) is 0 Å². The molecule has 0 saturated heterocycles.